The number of aliphatic hydroxyl groups is 1. The number of esters is 1. The topological polar surface area (TPSA) is 46.5 Å². The van der Waals surface area contributed by atoms with E-state index in [2.05, 4.69) is 6.08 Å². The van der Waals surface area contributed by atoms with Gasteiger partial charge in [-0.25, -0.2) is 0 Å². The van der Waals surface area contributed by atoms with Crippen molar-refractivity contribution >= 4 is 5.97 Å². The second kappa shape index (κ2) is 7.78. The third-order valence-corrected chi connectivity index (χ3v) is 5.20. The molecule has 2 aliphatic rings. The molecule has 0 aromatic heterocycles. The van der Waals surface area contributed by atoms with E-state index < -0.39 is 30.8 Å². The number of halogens is 6. The zero-order valence-corrected chi connectivity index (χ0v) is 14.1. The van der Waals surface area contributed by atoms with Crippen molar-refractivity contribution in [2.45, 2.75) is 62.9 Å². The van der Waals surface area contributed by atoms with E-state index in [1.807, 2.05) is 6.08 Å². The van der Waals surface area contributed by atoms with Crippen LogP contribution in [0.4, 0.5) is 26.3 Å². The fraction of sp³-hybridized carbons (Fsp3) is 0.824. The largest absolute Gasteiger partial charge is 0.465 e. The van der Waals surface area contributed by atoms with Crippen LogP contribution in [0.5, 0.6) is 0 Å². The lowest BCUT2D eigenvalue weighted by Gasteiger charge is -2.32. The first-order chi connectivity index (χ1) is 12.0. The molecular weight excluding hydrogens is 366 g/mol. The zero-order chi connectivity index (χ0) is 19.6. The summed E-state index contributed by atoms with van der Waals surface area (Å²) < 4.78 is 80.1. The monoisotopic (exact) mass is 388 g/mol. The minimum Gasteiger partial charge on any atom is -0.465 e. The van der Waals surface area contributed by atoms with Gasteiger partial charge in [-0.15, -0.1) is 0 Å². The summed E-state index contributed by atoms with van der Waals surface area (Å²) in [5, 5.41) is 9.01. The predicted molar refractivity (Wildman–Crippen MR) is 79.9 cm³/mol. The Labute approximate surface area is 147 Å². The van der Waals surface area contributed by atoms with Crippen LogP contribution in [0, 0.1) is 17.8 Å². The summed E-state index contributed by atoms with van der Waals surface area (Å²) in [6, 6.07) is 0. The third kappa shape index (κ3) is 4.53. The number of rotatable bonds is 8. The van der Waals surface area contributed by atoms with Gasteiger partial charge in [0.25, 0.3) is 5.60 Å². The molecule has 1 fully saturated rings. The summed E-state index contributed by atoms with van der Waals surface area (Å²) >= 11 is 0. The Morgan fingerprint density at radius 2 is 1.58 bits per heavy atom. The molecule has 150 valence electrons. The maximum atomic E-state index is 12.5. The van der Waals surface area contributed by atoms with E-state index in [0.29, 0.717) is 18.8 Å². The molecule has 1 N–H and O–H groups in total. The molecule has 0 aromatic rings. The van der Waals surface area contributed by atoms with Crippen LogP contribution >= 0.6 is 0 Å². The molecule has 26 heavy (non-hydrogen) atoms. The number of hydrogen-bond donors (Lipinski definition) is 1. The van der Waals surface area contributed by atoms with Crippen LogP contribution < -0.4 is 0 Å². The van der Waals surface area contributed by atoms with E-state index in [9.17, 15) is 31.1 Å². The first kappa shape index (κ1) is 21.1. The van der Waals surface area contributed by atoms with Crippen molar-refractivity contribution in [3.63, 3.8) is 0 Å². The fourth-order valence-electron chi connectivity index (χ4n) is 3.61. The molecule has 3 nitrogen and oxygen atoms in total. The average molecular weight is 388 g/mol. The molecular formula is C17H22F6O3. The van der Waals surface area contributed by atoms with Crippen molar-refractivity contribution in [1.82, 2.24) is 0 Å². The smallest absolute Gasteiger partial charge is 0.426 e. The number of carbonyl (C=O) groups excluding carboxylic acids is 1. The molecule has 0 spiro atoms. The van der Waals surface area contributed by atoms with Crippen LogP contribution in [-0.4, -0.2) is 35.6 Å². The van der Waals surface area contributed by atoms with Gasteiger partial charge in [0.1, 0.15) is 0 Å². The molecule has 0 amide bonds. The van der Waals surface area contributed by atoms with Crippen molar-refractivity contribution in [2.75, 3.05) is 6.61 Å². The van der Waals surface area contributed by atoms with Crippen LogP contribution in [0.1, 0.15) is 44.9 Å². The first-order valence-corrected chi connectivity index (χ1v) is 8.66. The maximum Gasteiger partial charge on any atom is 0.426 e. The van der Waals surface area contributed by atoms with Crippen LogP contribution in [0.3, 0.4) is 0 Å². The summed E-state index contributed by atoms with van der Waals surface area (Å²) in [5.41, 5.74) is -4.68. The van der Waals surface area contributed by atoms with Gasteiger partial charge in [0, 0.05) is 0 Å². The average Bonchev–Trinajstić information content (AvgIpc) is 3.14. The van der Waals surface area contributed by atoms with Gasteiger partial charge in [-0.2, -0.15) is 26.3 Å². The molecule has 3 unspecified atom stereocenters. The van der Waals surface area contributed by atoms with E-state index in [1.54, 1.807) is 0 Å². The number of hydrogen-bond acceptors (Lipinski definition) is 3. The Morgan fingerprint density at radius 3 is 2.08 bits per heavy atom. The number of alkyl halides is 6. The molecule has 3 atom stereocenters. The highest BCUT2D eigenvalue weighted by Gasteiger charge is 2.69. The van der Waals surface area contributed by atoms with Crippen LogP contribution in [0.25, 0.3) is 0 Å². The maximum absolute atomic E-state index is 12.5. The Hall–Kier alpha value is -1.25. The van der Waals surface area contributed by atoms with Crippen LogP contribution in [0.15, 0.2) is 12.2 Å². The molecule has 0 saturated heterocycles. The molecule has 1 saturated carbocycles. The summed E-state index contributed by atoms with van der Waals surface area (Å²) in [5.74, 6) is 0.220. The zero-order valence-electron chi connectivity index (χ0n) is 14.1. The summed E-state index contributed by atoms with van der Waals surface area (Å²) in [6.07, 6.45) is -6.81. The Morgan fingerprint density at radius 1 is 0.962 bits per heavy atom. The lowest BCUT2D eigenvalue weighted by atomic mass is 9.94. The van der Waals surface area contributed by atoms with Gasteiger partial charge in [-0.3, -0.25) is 4.79 Å². The molecule has 0 aliphatic heterocycles. The Balaban J connectivity index is 1.62. The van der Waals surface area contributed by atoms with E-state index in [-0.39, 0.29) is 30.8 Å². The minimum atomic E-state index is -5.77. The molecule has 2 bridgehead atoms. The van der Waals surface area contributed by atoms with Crippen LogP contribution in [0.2, 0.25) is 0 Å². The lowest BCUT2D eigenvalue weighted by molar-refractivity contribution is -0.370. The molecule has 2 rings (SSSR count). The quantitative estimate of drug-likeness (QED) is 0.287. The van der Waals surface area contributed by atoms with E-state index in [0.717, 1.165) is 12.8 Å². The Kier molecular flexibility index (Phi) is 6.30. The lowest BCUT2D eigenvalue weighted by Crippen LogP contribution is -2.56. The second-order valence-electron chi connectivity index (χ2n) is 7.07. The molecule has 2 aliphatic carbocycles. The molecule has 0 aromatic carbocycles. The van der Waals surface area contributed by atoms with Crippen molar-refractivity contribution in [2.24, 2.45) is 17.8 Å². The molecule has 9 heteroatoms. The van der Waals surface area contributed by atoms with Gasteiger partial charge in [-0.05, 0) is 43.9 Å². The summed E-state index contributed by atoms with van der Waals surface area (Å²) in [6.45, 7) is 0.0965. The minimum absolute atomic E-state index is 0.0723. The highest BCUT2D eigenvalue weighted by Crippen LogP contribution is 2.46. The standard InChI is InChI=1S/C17H22F6O3/c18-16(19,20)15(25,17(21,22)23)7-3-1-2-4-8-26-14(24)13-10-11-5-6-12(13)9-11/h5-6,11-13,25H,1-4,7-10H2. The van der Waals surface area contributed by atoms with Crippen molar-refractivity contribution in [3.8, 4) is 0 Å². The van der Waals surface area contributed by atoms with Gasteiger partial charge in [0.15, 0.2) is 0 Å². The number of ether oxygens (including phenoxy) is 1. The number of carbonyl (C=O) groups is 1. The van der Waals surface area contributed by atoms with Crippen molar-refractivity contribution in [3.05, 3.63) is 12.2 Å². The number of allylic oxidation sites excluding steroid dienone is 2. The SMILES string of the molecule is O=C(OCCCCCCC(O)(C(F)(F)F)C(F)(F)F)C1CC2C=CC1C2. The molecule has 0 radical (unpaired) electrons. The van der Waals surface area contributed by atoms with Gasteiger partial charge >= 0.3 is 18.3 Å². The van der Waals surface area contributed by atoms with Gasteiger partial charge in [-0.1, -0.05) is 25.0 Å². The first-order valence-electron chi connectivity index (χ1n) is 8.66. The van der Waals surface area contributed by atoms with Crippen molar-refractivity contribution < 1.29 is 41.0 Å². The highest BCUT2D eigenvalue weighted by atomic mass is 19.4. The van der Waals surface area contributed by atoms with Crippen molar-refractivity contribution in [1.29, 1.82) is 0 Å². The fourth-order valence-corrected chi connectivity index (χ4v) is 3.61. The normalized spacial score (nSPS) is 25.7. The number of unbranched alkanes of at least 4 members (excludes halogenated alkanes) is 3. The molecule has 0 heterocycles. The van der Waals surface area contributed by atoms with Gasteiger partial charge < -0.3 is 9.84 Å². The van der Waals surface area contributed by atoms with E-state index >= 15 is 0 Å². The Bertz CT molecular complexity index is 512. The second-order valence-corrected chi connectivity index (χ2v) is 7.07. The summed E-state index contributed by atoms with van der Waals surface area (Å²) in [7, 11) is 0. The van der Waals surface area contributed by atoms with E-state index in [1.165, 1.54) is 0 Å². The van der Waals surface area contributed by atoms with E-state index in [4.69, 9.17) is 9.84 Å². The predicted octanol–water partition coefficient (Wildman–Crippen LogP) is 4.55. The number of fused-ring (bicyclic) bond motifs is 2. The van der Waals surface area contributed by atoms with Gasteiger partial charge in [0.2, 0.25) is 0 Å². The van der Waals surface area contributed by atoms with Gasteiger partial charge in [0.05, 0.1) is 12.5 Å². The third-order valence-electron chi connectivity index (χ3n) is 5.20. The summed E-state index contributed by atoms with van der Waals surface area (Å²) in [4.78, 5) is 11.9. The van der Waals surface area contributed by atoms with Crippen LogP contribution in [-0.2, 0) is 9.53 Å². The highest BCUT2D eigenvalue weighted by molar-refractivity contribution is 5.74.